The number of carbonyl (C=O) groups is 1. The third-order valence-corrected chi connectivity index (χ3v) is 4.60. The van der Waals surface area contributed by atoms with E-state index >= 15 is 0 Å². The molecule has 134 valence electrons. The minimum absolute atomic E-state index is 0.0745. The van der Waals surface area contributed by atoms with Gasteiger partial charge in [-0.15, -0.1) is 0 Å². The Bertz CT molecular complexity index is 881. The maximum atomic E-state index is 12.3. The molecule has 3 rings (SSSR count). The zero-order valence-electron chi connectivity index (χ0n) is 14.4. The number of thioether (sulfide) groups is 1. The fraction of sp³-hybridized carbons (Fsp3) is 0.158. The number of hydrogen-bond acceptors (Lipinski definition) is 6. The first-order valence-electron chi connectivity index (χ1n) is 7.99. The summed E-state index contributed by atoms with van der Waals surface area (Å²) in [7, 11) is 1.59. The molecule has 0 unspecified atom stereocenters. The van der Waals surface area contributed by atoms with Crippen molar-refractivity contribution >= 4 is 34.5 Å². The van der Waals surface area contributed by atoms with Crippen molar-refractivity contribution in [2.24, 2.45) is 4.99 Å². The highest BCUT2D eigenvalue weighted by Crippen LogP contribution is 2.40. The predicted molar refractivity (Wildman–Crippen MR) is 103 cm³/mol. The molecule has 0 bridgehead atoms. The Kier molecular flexibility index (Phi) is 5.48. The van der Waals surface area contributed by atoms with Gasteiger partial charge in [-0.3, -0.25) is 0 Å². The van der Waals surface area contributed by atoms with Crippen molar-refractivity contribution in [1.29, 1.82) is 0 Å². The molecule has 2 heterocycles. The summed E-state index contributed by atoms with van der Waals surface area (Å²) in [6, 6.07) is 10.8. The minimum atomic E-state index is -0.598. The molecule has 0 amide bonds. The van der Waals surface area contributed by atoms with Crippen LogP contribution in [0.25, 0.3) is 6.08 Å². The van der Waals surface area contributed by atoms with Gasteiger partial charge in [-0.2, -0.15) is 0 Å². The molecule has 2 N–H and O–H groups in total. The highest BCUT2D eigenvalue weighted by atomic mass is 32.2. The van der Waals surface area contributed by atoms with Crippen LogP contribution in [0.15, 0.2) is 63.8 Å². The van der Waals surface area contributed by atoms with Crippen LogP contribution in [0.3, 0.4) is 0 Å². The Morgan fingerprint density at radius 2 is 2.08 bits per heavy atom. The number of nitrogens with one attached hydrogen (secondary N) is 1. The number of esters is 1. The zero-order valence-corrected chi connectivity index (χ0v) is 15.2. The molecular formula is C19H18N2O4S. The Hall–Kier alpha value is -2.93. The normalized spacial score (nSPS) is 17.2. The maximum absolute atomic E-state index is 12.3. The number of nitrogens with zero attached hydrogens (tertiary/aromatic N) is 1. The first kappa shape index (κ1) is 17.9. The lowest BCUT2D eigenvalue weighted by Gasteiger charge is -2.04. The Balaban J connectivity index is 1.99. The fourth-order valence-corrected chi connectivity index (χ4v) is 3.37. The van der Waals surface area contributed by atoms with Gasteiger partial charge in [0.25, 0.3) is 0 Å². The summed E-state index contributed by atoms with van der Waals surface area (Å²) in [4.78, 5) is 20.4. The third-order valence-electron chi connectivity index (χ3n) is 3.58. The number of H-pyrrole nitrogens is 1. The highest BCUT2D eigenvalue weighted by molar-refractivity contribution is 8.18. The van der Waals surface area contributed by atoms with E-state index in [0.29, 0.717) is 21.4 Å². The Labute approximate surface area is 155 Å². The maximum Gasteiger partial charge on any atom is 0.344 e. The number of rotatable bonds is 5. The Morgan fingerprint density at radius 3 is 2.69 bits per heavy atom. The average molecular weight is 370 g/mol. The second kappa shape index (κ2) is 7.97. The molecule has 0 aliphatic carbocycles. The van der Waals surface area contributed by atoms with E-state index < -0.39 is 5.97 Å². The first-order valence-corrected chi connectivity index (χ1v) is 8.80. The molecule has 1 aromatic heterocycles. The number of aliphatic hydroxyl groups is 1. The van der Waals surface area contributed by atoms with E-state index in [2.05, 4.69) is 9.98 Å². The van der Waals surface area contributed by atoms with Crippen LogP contribution in [0.4, 0.5) is 5.69 Å². The third kappa shape index (κ3) is 3.83. The molecule has 0 fully saturated rings. The summed E-state index contributed by atoms with van der Waals surface area (Å²) in [6.45, 7) is 1.93. The molecule has 1 aliphatic rings. The van der Waals surface area contributed by atoms with E-state index in [1.807, 2.05) is 12.1 Å². The summed E-state index contributed by atoms with van der Waals surface area (Å²) >= 11 is 1.22. The van der Waals surface area contributed by atoms with Crippen molar-refractivity contribution in [2.45, 2.75) is 6.92 Å². The molecule has 0 radical (unpaired) electrons. The number of aromatic amines is 1. The topological polar surface area (TPSA) is 83.9 Å². The number of aliphatic hydroxyl groups excluding tert-OH is 1. The largest absolute Gasteiger partial charge is 0.506 e. The average Bonchev–Trinajstić information content (AvgIpc) is 3.25. The standard InChI is InChI=1S/C19H18N2O4S/c1-3-25-19(23)16-17(22)15(11-13-5-4-10-20-13)26-18(16)21-12-6-8-14(24-2)9-7-12/h4-11,20,22H,3H2,1-2H3. The number of aromatic nitrogens is 1. The van der Waals surface area contributed by atoms with Gasteiger partial charge in [0.1, 0.15) is 22.1 Å². The van der Waals surface area contributed by atoms with Crippen LogP contribution < -0.4 is 4.74 Å². The lowest BCUT2D eigenvalue weighted by molar-refractivity contribution is -0.138. The Morgan fingerprint density at radius 1 is 1.31 bits per heavy atom. The quantitative estimate of drug-likeness (QED) is 0.770. The van der Waals surface area contributed by atoms with E-state index in [0.717, 1.165) is 5.69 Å². The van der Waals surface area contributed by atoms with Gasteiger partial charge in [-0.1, -0.05) is 11.8 Å². The number of carbonyl (C=O) groups excluding carboxylic acids is 1. The van der Waals surface area contributed by atoms with E-state index in [4.69, 9.17) is 9.47 Å². The van der Waals surface area contributed by atoms with Crippen molar-refractivity contribution in [1.82, 2.24) is 4.98 Å². The molecule has 7 heteroatoms. The van der Waals surface area contributed by atoms with Crippen LogP contribution in [-0.2, 0) is 9.53 Å². The summed E-state index contributed by atoms with van der Waals surface area (Å²) in [6.07, 6.45) is 3.54. The molecule has 0 saturated heterocycles. The van der Waals surface area contributed by atoms with Crippen LogP contribution in [0.2, 0.25) is 0 Å². The van der Waals surface area contributed by atoms with Crippen molar-refractivity contribution in [2.75, 3.05) is 13.7 Å². The molecule has 1 aliphatic heterocycles. The molecule has 6 nitrogen and oxygen atoms in total. The smallest absolute Gasteiger partial charge is 0.344 e. The van der Waals surface area contributed by atoms with Crippen molar-refractivity contribution in [3.8, 4) is 5.75 Å². The zero-order chi connectivity index (χ0) is 18.5. The number of ether oxygens (including phenoxy) is 2. The van der Waals surface area contributed by atoms with E-state index in [1.165, 1.54) is 11.8 Å². The summed E-state index contributed by atoms with van der Waals surface area (Å²) in [5.41, 5.74) is 1.53. The summed E-state index contributed by atoms with van der Waals surface area (Å²) < 4.78 is 10.2. The summed E-state index contributed by atoms with van der Waals surface area (Å²) in [5, 5.41) is 10.9. The fourth-order valence-electron chi connectivity index (χ4n) is 2.34. The van der Waals surface area contributed by atoms with Gasteiger partial charge >= 0.3 is 5.97 Å². The lowest BCUT2D eigenvalue weighted by Crippen LogP contribution is -2.12. The van der Waals surface area contributed by atoms with Gasteiger partial charge in [0.15, 0.2) is 0 Å². The van der Waals surface area contributed by atoms with Crippen molar-refractivity contribution in [3.63, 3.8) is 0 Å². The van der Waals surface area contributed by atoms with Crippen molar-refractivity contribution < 1.29 is 19.4 Å². The molecule has 2 aromatic rings. The van der Waals surface area contributed by atoms with E-state index in [1.54, 1.807) is 50.6 Å². The van der Waals surface area contributed by atoms with Gasteiger partial charge < -0.3 is 19.6 Å². The van der Waals surface area contributed by atoms with Gasteiger partial charge in [0, 0.05) is 11.9 Å². The van der Waals surface area contributed by atoms with Crippen LogP contribution in [-0.4, -0.2) is 34.8 Å². The SMILES string of the molecule is CCOC(=O)C1=C(O)C(=Cc2ccc[nH]2)SC1=Nc1ccc(OC)cc1. The molecule has 0 atom stereocenters. The van der Waals surface area contributed by atoms with Crippen LogP contribution in [0, 0.1) is 0 Å². The summed E-state index contributed by atoms with van der Waals surface area (Å²) in [5.74, 6) is -0.0145. The van der Waals surface area contributed by atoms with Gasteiger partial charge in [-0.05, 0) is 49.4 Å². The van der Waals surface area contributed by atoms with E-state index in [-0.39, 0.29) is 17.9 Å². The second-order valence-corrected chi connectivity index (χ2v) is 6.33. The number of aliphatic imine (C=N–C) groups is 1. The van der Waals surface area contributed by atoms with Crippen LogP contribution in [0.1, 0.15) is 12.6 Å². The molecule has 0 spiro atoms. The number of benzene rings is 1. The van der Waals surface area contributed by atoms with Crippen LogP contribution in [0.5, 0.6) is 5.75 Å². The number of hydrogen-bond donors (Lipinski definition) is 2. The molecular weight excluding hydrogens is 352 g/mol. The predicted octanol–water partition coefficient (Wildman–Crippen LogP) is 4.22. The molecule has 1 aromatic carbocycles. The van der Waals surface area contributed by atoms with Crippen molar-refractivity contribution in [3.05, 3.63) is 64.5 Å². The molecule has 26 heavy (non-hydrogen) atoms. The van der Waals surface area contributed by atoms with E-state index in [9.17, 15) is 9.90 Å². The first-order chi connectivity index (χ1) is 12.6. The van der Waals surface area contributed by atoms with Gasteiger partial charge in [-0.25, -0.2) is 9.79 Å². The highest BCUT2D eigenvalue weighted by Gasteiger charge is 2.33. The lowest BCUT2D eigenvalue weighted by atomic mass is 10.2. The van der Waals surface area contributed by atoms with Gasteiger partial charge in [0.2, 0.25) is 0 Å². The van der Waals surface area contributed by atoms with Gasteiger partial charge in [0.05, 0.1) is 24.3 Å². The van der Waals surface area contributed by atoms with Crippen LogP contribution >= 0.6 is 11.8 Å². The monoisotopic (exact) mass is 370 g/mol. The molecule has 0 saturated carbocycles. The minimum Gasteiger partial charge on any atom is -0.506 e. The number of methoxy groups -OCH3 is 1. The second-order valence-electron chi connectivity index (χ2n) is 5.30.